The molecule has 0 saturated heterocycles. The zero-order chi connectivity index (χ0) is 16.1. The molecule has 1 aromatic carbocycles. The quantitative estimate of drug-likeness (QED) is 0.537. The number of aryl methyl sites for hydroxylation is 1. The maximum atomic E-state index is 11.9. The van der Waals surface area contributed by atoms with E-state index in [4.69, 9.17) is 4.42 Å². The fourth-order valence-corrected chi connectivity index (χ4v) is 2.71. The summed E-state index contributed by atoms with van der Waals surface area (Å²) in [6, 6.07) is 11.5. The van der Waals surface area contributed by atoms with Gasteiger partial charge in [0.15, 0.2) is 5.82 Å². The fourth-order valence-electron chi connectivity index (χ4n) is 2.06. The number of rotatable bonds is 6. The average Bonchev–Trinajstić information content (AvgIpc) is 3.21. The van der Waals surface area contributed by atoms with Gasteiger partial charge in [-0.25, -0.2) is 4.98 Å². The van der Waals surface area contributed by atoms with E-state index < -0.39 is 0 Å². The van der Waals surface area contributed by atoms with Crippen LogP contribution < -0.4 is 5.32 Å². The smallest absolute Gasteiger partial charge is 0.254 e. The molecule has 0 bridgehead atoms. The number of thioether (sulfide) groups is 1. The Kier molecular flexibility index (Phi) is 4.77. The lowest BCUT2D eigenvalue weighted by Gasteiger charge is -2.02. The Morgan fingerprint density at radius 2 is 2.13 bits per heavy atom. The minimum absolute atomic E-state index is 0.128. The molecule has 0 atom stereocenters. The minimum Gasteiger partial charge on any atom is -0.469 e. The number of hydrogen-bond donors (Lipinski definition) is 2. The standard InChI is InChI=1S/C16H16N4O2S/c1-11-13(7-9-22-11)15(21)17-8-10-23-16-18-14(19-20-16)12-5-3-2-4-6-12/h2-7,9H,8,10H2,1H3,(H,17,21)(H,18,19,20). The number of nitrogens with zero attached hydrogens (tertiary/aromatic N) is 2. The molecule has 0 saturated carbocycles. The van der Waals surface area contributed by atoms with Crippen LogP contribution in [0.3, 0.4) is 0 Å². The van der Waals surface area contributed by atoms with Crippen LogP contribution in [0.2, 0.25) is 0 Å². The van der Waals surface area contributed by atoms with Gasteiger partial charge in [0, 0.05) is 17.9 Å². The molecule has 2 heterocycles. The largest absolute Gasteiger partial charge is 0.469 e. The van der Waals surface area contributed by atoms with Crippen LogP contribution in [0.15, 0.2) is 52.2 Å². The summed E-state index contributed by atoms with van der Waals surface area (Å²) in [5, 5.41) is 10.6. The van der Waals surface area contributed by atoms with Gasteiger partial charge in [0.2, 0.25) is 5.16 Å². The Morgan fingerprint density at radius 1 is 1.30 bits per heavy atom. The summed E-state index contributed by atoms with van der Waals surface area (Å²) in [6.07, 6.45) is 1.51. The van der Waals surface area contributed by atoms with Crippen LogP contribution in [0.5, 0.6) is 0 Å². The molecule has 3 rings (SSSR count). The van der Waals surface area contributed by atoms with Crippen molar-refractivity contribution in [3.05, 3.63) is 54.0 Å². The summed E-state index contributed by atoms with van der Waals surface area (Å²) in [5.41, 5.74) is 1.56. The highest BCUT2D eigenvalue weighted by Crippen LogP contribution is 2.18. The van der Waals surface area contributed by atoms with E-state index in [1.807, 2.05) is 30.3 Å². The van der Waals surface area contributed by atoms with Gasteiger partial charge in [-0.15, -0.1) is 5.10 Å². The first kappa shape index (κ1) is 15.4. The fraction of sp³-hybridized carbons (Fsp3) is 0.188. The summed E-state index contributed by atoms with van der Waals surface area (Å²) in [7, 11) is 0. The first-order valence-corrected chi connectivity index (χ1v) is 8.15. The van der Waals surface area contributed by atoms with E-state index in [0.717, 1.165) is 11.4 Å². The van der Waals surface area contributed by atoms with Crippen molar-refractivity contribution in [3.8, 4) is 11.4 Å². The molecule has 0 spiro atoms. The number of aromatic nitrogens is 3. The van der Waals surface area contributed by atoms with E-state index in [2.05, 4.69) is 20.5 Å². The monoisotopic (exact) mass is 328 g/mol. The molecule has 23 heavy (non-hydrogen) atoms. The summed E-state index contributed by atoms with van der Waals surface area (Å²) in [4.78, 5) is 16.3. The number of carbonyl (C=O) groups is 1. The van der Waals surface area contributed by atoms with Crippen LogP contribution in [-0.4, -0.2) is 33.4 Å². The Hall–Kier alpha value is -2.54. The molecule has 0 fully saturated rings. The molecule has 0 radical (unpaired) electrons. The lowest BCUT2D eigenvalue weighted by Crippen LogP contribution is -2.25. The Bertz CT molecular complexity index is 782. The maximum Gasteiger partial charge on any atom is 0.254 e. The Balaban J connectivity index is 1.47. The molecule has 0 aliphatic carbocycles. The van der Waals surface area contributed by atoms with Crippen molar-refractivity contribution in [2.75, 3.05) is 12.3 Å². The highest BCUT2D eigenvalue weighted by Gasteiger charge is 2.11. The van der Waals surface area contributed by atoms with E-state index >= 15 is 0 Å². The van der Waals surface area contributed by atoms with Crippen molar-refractivity contribution < 1.29 is 9.21 Å². The van der Waals surface area contributed by atoms with E-state index in [9.17, 15) is 4.79 Å². The van der Waals surface area contributed by atoms with Crippen LogP contribution in [0.25, 0.3) is 11.4 Å². The Morgan fingerprint density at radius 3 is 2.87 bits per heavy atom. The second-order valence-corrected chi connectivity index (χ2v) is 5.89. The average molecular weight is 328 g/mol. The van der Waals surface area contributed by atoms with E-state index in [1.54, 1.807) is 13.0 Å². The molecule has 1 amide bonds. The zero-order valence-electron chi connectivity index (χ0n) is 12.6. The number of hydrogen-bond acceptors (Lipinski definition) is 5. The second-order valence-electron chi connectivity index (χ2n) is 4.83. The molecule has 2 N–H and O–H groups in total. The topological polar surface area (TPSA) is 83.8 Å². The maximum absolute atomic E-state index is 11.9. The molecule has 0 unspecified atom stereocenters. The van der Waals surface area contributed by atoms with E-state index in [-0.39, 0.29) is 5.91 Å². The Labute approximate surface area is 137 Å². The van der Waals surface area contributed by atoms with Gasteiger partial charge < -0.3 is 9.73 Å². The molecular formula is C16H16N4O2S. The normalized spacial score (nSPS) is 10.7. The molecule has 3 aromatic rings. The van der Waals surface area contributed by atoms with Crippen molar-refractivity contribution >= 4 is 17.7 Å². The van der Waals surface area contributed by atoms with Gasteiger partial charge in [-0.05, 0) is 13.0 Å². The van der Waals surface area contributed by atoms with Gasteiger partial charge in [0.25, 0.3) is 5.91 Å². The van der Waals surface area contributed by atoms with Crippen LogP contribution in [0.1, 0.15) is 16.1 Å². The van der Waals surface area contributed by atoms with Crippen molar-refractivity contribution in [1.82, 2.24) is 20.5 Å². The number of H-pyrrole nitrogens is 1. The third kappa shape index (κ3) is 3.81. The van der Waals surface area contributed by atoms with Gasteiger partial charge in [-0.1, -0.05) is 42.1 Å². The summed E-state index contributed by atoms with van der Waals surface area (Å²) >= 11 is 1.49. The van der Waals surface area contributed by atoms with Gasteiger partial charge in [-0.3, -0.25) is 9.89 Å². The van der Waals surface area contributed by atoms with Gasteiger partial charge >= 0.3 is 0 Å². The van der Waals surface area contributed by atoms with E-state index in [0.29, 0.717) is 28.8 Å². The van der Waals surface area contributed by atoms with Gasteiger partial charge in [0.1, 0.15) is 5.76 Å². The molecule has 2 aromatic heterocycles. The number of carbonyl (C=O) groups excluding carboxylic acids is 1. The summed E-state index contributed by atoms with van der Waals surface area (Å²) in [5.74, 6) is 1.92. The number of benzene rings is 1. The molecular weight excluding hydrogens is 312 g/mol. The van der Waals surface area contributed by atoms with Crippen molar-refractivity contribution in [1.29, 1.82) is 0 Å². The third-order valence-corrected chi connectivity index (χ3v) is 4.08. The number of aromatic amines is 1. The number of nitrogens with one attached hydrogen (secondary N) is 2. The predicted molar refractivity (Wildman–Crippen MR) is 88.3 cm³/mol. The van der Waals surface area contributed by atoms with Crippen molar-refractivity contribution in [2.24, 2.45) is 0 Å². The summed E-state index contributed by atoms with van der Waals surface area (Å²) in [6.45, 7) is 2.30. The van der Waals surface area contributed by atoms with Crippen molar-refractivity contribution in [2.45, 2.75) is 12.1 Å². The minimum atomic E-state index is -0.128. The van der Waals surface area contributed by atoms with Crippen LogP contribution in [0.4, 0.5) is 0 Å². The molecule has 6 nitrogen and oxygen atoms in total. The SMILES string of the molecule is Cc1occc1C(=O)NCCSc1n[nH]c(-c2ccccc2)n1. The van der Waals surface area contributed by atoms with Crippen LogP contribution >= 0.6 is 11.8 Å². The zero-order valence-corrected chi connectivity index (χ0v) is 13.4. The molecule has 0 aliphatic heterocycles. The predicted octanol–water partition coefficient (Wildman–Crippen LogP) is 2.90. The molecule has 0 aliphatic rings. The molecule has 118 valence electrons. The summed E-state index contributed by atoms with van der Waals surface area (Å²) < 4.78 is 5.12. The molecule has 7 heteroatoms. The first-order chi connectivity index (χ1) is 11.2. The first-order valence-electron chi connectivity index (χ1n) is 7.17. The van der Waals surface area contributed by atoms with Crippen LogP contribution in [-0.2, 0) is 0 Å². The van der Waals surface area contributed by atoms with Gasteiger partial charge in [0.05, 0.1) is 11.8 Å². The number of furan rings is 1. The lowest BCUT2D eigenvalue weighted by molar-refractivity contribution is 0.0954. The van der Waals surface area contributed by atoms with Crippen LogP contribution in [0, 0.1) is 6.92 Å². The van der Waals surface area contributed by atoms with E-state index in [1.165, 1.54) is 18.0 Å². The highest BCUT2D eigenvalue weighted by molar-refractivity contribution is 7.99. The third-order valence-electron chi connectivity index (χ3n) is 3.23. The van der Waals surface area contributed by atoms with Crippen molar-refractivity contribution in [3.63, 3.8) is 0 Å². The van der Waals surface area contributed by atoms with Gasteiger partial charge in [-0.2, -0.15) is 0 Å². The lowest BCUT2D eigenvalue weighted by atomic mass is 10.2. The number of amides is 1. The highest BCUT2D eigenvalue weighted by atomic mass is 32.2. The second kappa shape index (κ2) is 7.15.